The maximum Gasteiger partial charge on any atom is 0.343 e. The van der Waals surface area contributed by atoms with Crippen LogP contribution in [0.3, 0.4) is 0 Å². The molecule has 0 atom stereocenters. The van der Waals surface area contributed by atoms with E-state index in [1.807, 2.05) is 0 Å². The molecule has 4 aromatic carbocycles. The molecule has 0 bridgehead atoms. The Kier molecular flexibility index (Phi) is 11.9. The first-order valence-electron chi connectivity index (χ1n) is 14.6. The summed E-state index contributed by atoms with van der Waals surface area (Å²) in [7, 11) is 0. The molecule has 0 aromatic heterocycles. The first-order chi connectivity index (χ1) is 21.0. The number of unbranched alkanes of at least 4 members (excludes halogenated alkanes) is 6. The monoisotopic (exact) mass is 582 g/mol. The number of rotatable bonds is 16. The third-order valence-electron chi connectivity index (χ3n) is 6.69. The van der Waals surface area contributed by atoms with Gasteiger partial charge in [0.1, 0.15) is 23.0 Å². The lowest BCUT2D eigenvalue weighted by Crippen LogP contribution is -2.08. The summed E-state index contributed by atoms with van der Waals surface area (Å²) in [6.07, 6.45) is 7.67. The summed E-state index contributed by atoms with van der Waals surface area (Å²) >= 11 is 0. The highest BCUT2D eigenvalue weighted by Crippen LogP contribution is 2.19. The topological polar surface area (TPSA) is 123 Å². The SMILES string of the molecule is Nc1ccc(OC(=O)c2ccc(OCCCCCCCCCOc3ccc(C(=O)Oc4ccc(N)cc4)cc3)cc2)cc1. The lowest BCUT2D eigenvalue weighted by molar-refractivity contribution is 0.0725. The van der Waals surface area contributed by atoms with Gasteiger partial charge in [-0.05, 0) is 110 Å². The van der Waals surface area contributed by atoms with Crippen molar-refractivity contribution in [1.29, 1.82) is 0 Å². The van der Waals surface area contributed by atoms with Gasteiger partial charge in [0.2, 0.25) is 0 Å². The third kappa shape index (κ3) is 10.7. The van der Waals surface area contributed by atoms with Crippen molar-refractivity contribution >= 4 is 23.3 Å². The van der Waals surface area contributed by atoms with Gasteiger partial charge in [0, 0.05) is 11.4 Å². The number of carbonyl (C=O) groups is 2. The van der Waals surface area contributed by atoms with Crippen LogP contribution < -0.4 is 30.4 Å². The highest BCUT2D eigenvalue weighted by atomic mass is 16.5. The Bertz CT molecular complexity index is 1310. The predicted molar refractivity (Wildman–Crippen MR) is 168 cm³/mol. The fraction of sp³-hybridized carbons (Fsp3) is 0.257. The molecule has 0 unspecified atom stereocenters. The molecule has 0 aliphatic heterocycles. The molecule has 0 saturated heterocycles. The van der Waals surface area contributed by atoms with E-state index in [2.05, 4.69) is 0 Å². The molecular formula is C35H38N2O6. The first kappa shape index (κ1) is 31.0. The second-order valence-corrected chi connectivity index (χ2v) is 10.1. The number of hydrogen-bond donors (Lipinski definition) is 2. The molecule has 224 valence electrons. The molecule has 8 nitrogen and oxygen atoms in total. The van der Waals surface area contributed by atoms with Crippen LogP contribution in [0, 0.1) is 0 Å². The van der Waals surface area contributed by atoms with Gasteiger partial charge in [-0.25, -0.2) is 9.59 Å². The highest BCUT2D eigenvalue weighted by Gasteiger charge is 2.10. The van der Waals surface area contributed by atoms with Gasteiger partial charge < -0.3 is 30.4 Å². The van der Waals surface area contributed by atoms with Crippen molar-refractivity contribution < 1.29 is 28.5 Å². The summed E-state index contributed by atoms with van der Waals surface area (Å²) in [5.41, 5.74) is 13.5. The molecule has 0 heterocycles. The molecule has 4 rings (SSSR count). The van der Waals surface area contributed by atoms with Gasteiger partial charge in [-0.15, -0.1) is 0 Å². The highest BCUT2D eigenvalue weighted by molar-refractivity contribution is 5.91. The van der Waals surface area contributed by atoms with Crippen LogP contribution >= 0.6 is 0 Å². The number of nitrogen functional groups attached to an aromatic ring is 2. The van der Waals surface area contributed by atoms with Gasteiger partial charge in [-0.1, -0.05) is 32.1 Å². The lowest BCUT2D eigenvalue weighted by atomic mass is 10.1. The van der Waals surface area contributed by atoms with Crippen LogP contribution in [0.2, 0.25) is 0 Å². The molecule has 4 aromatic rings. The summed E-state index contributed by atoms with van der Waals surface area (Å²) in [5, 5.41) is 0. The van der Waals surface area contributed by atoms with Crippen LogP contribution in [0.25, 0.3) is 0 Å². The van der Waals surface area contributed by atoms with Crippen LogP contribution in [0.5, 0.6) is 23.0 Å². The second kappa shape index (κ2) is 16.5. The smallest absolute Gasteiger partial charge is 0.343 e. The van der Waals surface area contributed by atoms with Crippen molar-refractivity contribution in [2.75, 3.05) is 24.7 Å². The van der Waals surface area contributed by atoms with Crippen molar-refractivity contribution in [3.05, 3.63) is 108 Å². The quantitative estimate of drug-likeness (QED) is 0.0603. The van der Waals surface area contributed by atoms with E-state index in [4.69, 9.17) is 30.4 Å². The van der Waals surface area contributed by atoms with E-state index in [0.29, 0.717) is 47.2 Å². The van der Waals surface area contributed by atoms with E-state index in [0.717, 1.165) is 50.0 Å². The van der Waals surface area contributed by atoms with Crippen LogP contribution in [-0.2, 0) is 0 Å². The molecule has 0 aliphatic carbocycles. The summed E-state index contributed by atoms with van der Waals surface area (Å²) in [4.78, 5) is 24.6. The fourth-order valence-corrected chi connectivity index (χ4v) is 4.25. The fourth-order valence-electron chi connectivity index (χ4n) is 4.25. The van der Waals surface area contributed by atoms with E-state index in [-0.39, 0.29) is 0 Å². The largest absolute Gasteiger partial charge is 0.494 e. The van der Waals surface area contributed by atoms with Crippen molar-refractivity contribution in [3.8, 4) is 23.0 Å². The summed E-state index contributed by atoms with van der Waals surface area (Å²) in [6, 6.07) is 27.3. The average Bonchev–Trinajstić information content (AvgIpc) is 3.02. The maximum atomic E-state index is 12.3. The number of nitrogens with two attached hydrogens (primary N) is 2. The minimum atomic E-state index is -0.424. The number of benzene rings is 4. The Balaban J connectivity index is 0.996. The Hall–Kier alpha value is -4.98. The van der Waals surface area contributed by atoms with Gasteiger partial charge in [0.05, 0.1) is 24.3 Å². The van der Waals surface area contributed by atoms with E-state index < -0.39 is 11.9 Å². The van der Waals surface area contributed by atoms with Gasteiger partial charge in [0.15, 0.2) is 0 Å². The molecular weight excluding hydrogens is 544 g/mol. The molecule has 0 amide bonds. The summed E-state index contributed by atoms with van der Waals surface area (Å²) in [6.45, 7) is 1.28. The van der Waals surface area contributed by atoms with Gasteiger partial charge in [-0.3, -0.25) is 0 Å². The number of hydrogen-bond acceptors (Lipinski definition) is 8. The Morgan fingerprint density at radius 1 is 0.419 bits per heavy atom. The first-order valence-corrected chi connectivity index (χ1v) is 14.6. The number of ether oxygens (including phenoxy) is 4. The predicted octanol–water partition coefficient (Wildman–Crippen LogP) is 7.48. The van der Waals surface area contributed by atoms with Crippen LogP contribution in [-0.4, -0.2) is 25.2 Å². The van der Waals surface area contributed by atoms with E-state index >= 15 is 0 Å². The van der Waals surface area contributed by atoms with Gasteiger partial charge >= 0.3 is 11.9 Å². The van der Waals surface area contributed by atoms with Crippen LogP contribution in [0.1, 0.15) is 65.7 Å². The average molecular weight is 583 g/mol. The Morgan fingerprint density at radius 3 is 1.07 bits per heavy atom. The van der Waals surface area contributed by atoms with Crippen molar-refractivity contribution in [3.63, 3.8) is 0 Å². The van der Waals surface area contributed by atoms with Gasteiger partial charge in [-0.2, -0.15) is 0 Å². The van der Waals surface area contributed by atoms with Crippen LogP contribution in [0.4, 0.5) is 11.4 Å². The summed E-state index contributed by atoms with van der Waals surface area (Å²) in [5.74, 6) is 1.52. The second-order valence-electron chi connectivity index (χ2n) is 10.1. The van der Waals surface area contributed by atoms with Crippen LogP contribution in [0.15, 0.2) is 97.1 Å². The number of anilines is 2. The van der Waals surface area contributed by atoms with E-state index in [9.17, 15) is 9.59 Å². The van der Waals surface area contributed by atoms with Crippen molar-refractivity contribution in [2.24, 2.45) is 0 Å². The molecule has 0 aliphatic rings. The summed E-state index contributed by atoms with van der Waals surface area (Å²) < 4.78 is 22.3. The van der Waals surface area contributed by atoms with Gasteiger partial charge in [0.25, 0.3) is 0 Å². The molecule has 0 saturated carbocycles. The van der Waals surface area contributed by atoms with Crippen molar-refractivity contribution in [2.45, 2.75) is 44.9 Å². The maximum absolute atomic E-state index is 12.3. The zero-order valence-corrected chi connectivity index (χ0v) is 24.2. The standard InChI is InChI=1S/C35H38N2O6/c36-28-12-20-32(21-13-28)42-34(38)26-8-16-30(17-9-26)40-24-6-4-2-1-3-5-7-25-41-31-18-10-27(11-19-31)35(39)43-33-22-14-29(37)15-23-33/h8-23H,1-7,24-25,36-37H2. The minimum Gasteiger partial charge on any atom is -0.494 e. The molecule has 8 heteroatoms. The molecule has 4 N–H and O–H groups in total. The molecule has 0 fully saturated rings. The van der Waals surface area contributed by atoms with E-state index in [1.54, 1.807) is 97.1 Å². The molecule has 0 radical (unpaired) electrons. The normalized spacial score (nSPS) is 10.6. The lowest BCUT2D eigenvalue weighted by Gasteiger charge is -2.08. The number of carbonyl (C=O) groups excluding carboxylic acids is 2. The molecule has 43 heavy (non-hydrogen) atoms. The number of esters is 2. The third-order valence-corrected chi connectivity index (χ3v) is 6.69. The molecule has 0 spiro atoms. The van der Waals surface area contributed by atoms with E-state index in [1.165, 1.54) is 6.42 Å². The minimum absolute atomic E-state index is 0.424. The zero-order chi connectivity index (χ0) is 30.3. The Morgan fingerprint density at radius 2 is 0.721 bits per heavy atom. The Labute approximate surface area is 252 Å². The van der Waals surface area contributed by atoms with Crippen molar-refractivity contribution in [1.82, 2.24) is 0 Å². The zero-order valence-electron chi connectivity index (χ0n) is 24.2.